The molecule has 0 bridgehead atoms. The van der Waals surface area contributed by atoms with Crippen molar-refractivity contribution in [1.29, 1.82) is 0 Å². The molecule has 4 nitrogen and oxygen atoms in total. The van der Waals surface area contributed by atoms with E-state index in [9.17, 15) is 0 Å². The number of aromatic nitrogens is 3. The molecule has 136 valence electrons. The van der Waals surface area contributed by atoms with E-state index in [0.717, 1.165) is 42.5 Å². The average Bonchev–Trinajstić information content (AvgIpc) is 3.06. The normalized spacial score (nSPS) is 11.0. The Labute approximate surface area is 159 Å². The van der Waals surface area contributed by atoms with Gasteiger partial charge in [0.2, 0.25) is 0 Å². The van der Waals surface area contributed by atoms with Crippen molar-refractivity contribution in [3.8, 4) is 0 Å². The van der Waals surface area contributed by atoms with Crippen molar-refractivity contribution < 1.29 is 4.74 Å². The van der Waals surface area contributed by atoms with Crippen molar-refractivity contribution in [3.63, 3.8) is 0 Å². The SMILES string of the molecule is COCCn1c(Cc2ccccc2)nnc1SCCCc1ccccc1. The van der Waals surface area contributed by atoms with Gasteiger partial charge >= 0.3 is 0 Å². The number of benzene rings is 2. The summed E-state index contributed by atoms with van der Waals surface area (Å²) in [4.78, 5) is 0. The van der Waals surface area contributed by atoms with Gasteiger partial charge in [0, 0.05) is 25.8 Å². The molecule has 0 spiro atoms. The molecule has 0 N–H and O–H groups in total. The first-order valence-corrected chi connectivity index (χ1v) is 9.97. The van der Waals surface area contributed by atoms with E-state index < -0.39 is 0 Å². The fraction of sp³-hybridized carbons (Fsp3) is 0.333. The minimum absolute atomic E-state index is 0.664. The molecular formula is C21H25N3OS. The Morgan fingerprint density at radius 3 is 2.31 bits per heavy atom. The molecule has 3 rings (SSSR count). The Balaban J connectivity index is 1.60. The van der Waals surface area contributed by atoms with Crippen LogP contribution in [0, 0.1) is 0 Å². The molecule has 1 aromatic heterocycles. The largest absolute Gasteiger partial charge is 0.383 e. The van der Waals surface area contributed by atoms with E-state index in [0.29, 0.717) is 6.61 Å². The van der Waals surface area contributed by atoms with Gasteiger partial charge in [-0.25, -0.2) is 0 Å². The lowest BCUT2D eigenvalue weighted by Crippen LogP contribution is -2.10. The summed E-state index contributed by atoms with van der Waals surface area (Å²) >= 11 is 1.78. The van der Waals surface area contributed by atoms with Gasteiger partial charge in [-0.2, -0.15) is 0 Å². The summed E-state index contributed by atoms with van der Waals surface area (Å²) in [7, 11) is 1.73. The quantitative estimate of drug-likeness (QED) is 0.397. The second kappa shape index (κ2) is 10.1. The molecule has 0 unspecified atom stereocenters. The van der Waals surface area contributed by atoms with Crippen molar-refractivity contribution in [1.82, 2.24) is 14.8 Å². The lowest BCUT2D eigenvalue weighted by molar-refractivity contribution is 0.184. The average molecular weight is 368 g/mol. The van der Waals surface area contributed by atoms with Crippen LogP contribution >= 0.6 is 11.8 Å². The van der Waals surface area contributed by atoms with Crippen LogP contribution in [0.4, 0.5) is 0 Å². The molecule has 0 aliphatic rings. The minimum Gasteiger partial charge on any atom is -0.383 e. The highest BCUT2D eigenvalue weighted by molar-refractivity contribution is 7.99. The molecule has 0 saturated carbocycles. The number of methoxy groups -OCH3 is 1. The van der Waals surface area contributed by atoms with Crippen LogP contribution in [-0.2, 0) is 24.1 Å². The molecule has 3 aromatic rings. The molecule has 0 aliphatic carbocycles. The zero-order chi connectivity index (χ0) is 18.0. The number of nitrogens with zero attached hydrogens (tertiary/aromatic N) is 3. The summed E-state index contributed by atoms with van der Waals surface area (Å²) < 4.78 is 7.47. The maximum atomic E-state index is 5.27. The second-order valence-corrected chi connectivity index (χ2v) is 7.21. The van der Waals surface area contributed by atoms with Gasteiger partial charge in [-0.05, 0) is 24.0 Å². The third-order valence-corrected chi connectivity index (χ3v) is 5.25. The topological polar surface area (TPSA) is 39.9 Å². The first kappa shape index (κ1) is 18.7. The summed E-state index contributed by atoms with van der Waals surface area (Å²) in [6.45, 7) is 1.45. The predicted octanol–water partition coefficient (Wildman–Crippen LogP) is 4.24. The Hall–Kier alpha value is -2.11. The summed E-state index contributed by atoms with van der Waals surface area (Å²) in [5.74, 6) is 2.03. The molecule has 26 heavy (non-hydrogen) atoms. The summed E-state index contributed by atoms with van der Waals surface area (Å²) in [5, 5.41) is 9.86. The third kappa shape index (κ3) is 5.44. The smallest absolute Gasteiger partial charge is 0.191 e. The van der Waals surface area contributed by atoms with Crippen molar-refractivity contribution in [2.24, 2.45) is 0 Å². The van der Waals surface area contributed by atoms with Crippen LogP contribution < -0.4 is 0 Å². The van der Waals surface area contributed by atoms with Crippen LogP contribution in [0.5, 0.6) is 0 Å². The molecule has 0 radical (unpaired) electrons. The highest BCUT2D eigenvalue weighted by Gasteiger charge is 2.13. The van der Waals surface area contributed by atoms with E-state index in [-0.39, 0.29) is 0 Å². The molecule has 0 atom stereocenters. The standard InChI is InChI=1S/C21H25N3OS/c1-25-15-14-24-20(17-19-11-6-3-7-12-19)22-23-21(24)26-16-8-13-18-9-4-2-5-10-18/h2-7,9-12H,8,13-17H2,1H3. The Morgan fingerprint density at radius 1 is 0.923 bits per heavy atom. The fourth-order valence-electron chi connectivity index (χ4n) is 2.83. The predicted molar refractivity (Wildman–Crippen MR) is 107 cm³/mol. The molecule has 0 saturated heterocycles. The number of hydrogen-bond acceptors (Lipinski definition) is 4. The van der Waals surface area contributed by atoms with E-state index in [1.807, 2.05) is 6.07 Å². The first-order valence-electron chi connectivity index (χ1n) is 8.98. The van der Waals surface area contributed by atoms with Crippen LogP contribution in [0.1, 0.15) is 23.4 Å². The third-order valence-electron chi connectivity index (χ3n) is 4.20. The molecule has 2 aromatic carbocycles. The second-order valence-electron chi connectivity index (χ2n) is 6.14. The van der Waals surface area contributed by atoms with Gasteiger partial charge in [0.05, 0.1) is 6.61 Å². The van der Waals surface area contributed by atoms with Gasteiger partial charge in [-0.1, -0.05) is 72.4 Å². The van der Waals surface area contributed by atoms with Gasteiger partial charge in [0.25, 0.3) is 0 Å². The molecular weight excluding hydrogens is 342 g/mol. The fourth-order valence-corrected chi connectivity index (χ4v) is 3.75. The van der Waals surface area contributed by atoms with Crippen LogP contribution in [0.3, 0.4) is 0 Å². The van der Waals surface area contributed by atoms with E-state index in [1.165, 1.54) is 11.1 Å². The number of hydrogen-bond donors (Lipinski definition) is 0. The van der Waals surface area contributed by atoms with E-state index in [2.05, 4.69) is 69.4 Å². The first-order chi connectivity index (χ1) is 12.9. The van der Waals surface area contributed by atoms with Crippen molar-refractivity contribution >= 4 is 11.8 Å². The highest BCUT2D eigenvalue weighted by atomic mass is 32.2. The van der Waals surface area contributed by atoms with E-state index in [4.69, 9.17) is 4.74 Å². The van der Waals surface area contributed by atoms with Crippen molar-refractivity contribution in [3.05, 3.63) is 77.6 Å². The van der Waals surface area contributed by atoms with Gasteiger partial charge < -0.3 is 9.30 Å². The molecule has 1 heterocycles. The van der Waals surface area contributed by atoms with Gasteiger partial charge in [0.15, 0.2) is 5.16 Å². The van der Waals surface area contributed by atoms with Gasteiger partial charge in [-0.3, -0.25) is 0 Å². The zero-order valence-electron chi connectivity index (χ0n) is 15.2. The number of thioether (sulfide) groups is 1. The monoisotopic (exact) mass is 367 g/mol. The molecule has 0 fully saturated rings. The molecule has 5 heteroatoms. The minimum atomic E-state index is 0.664. The highest BCUT2D eigenvalue weighted by Crippen LogP contribution is 2.20. The number of aryl methyl sites for hydroxylation is 1. The van der Waals surface area contributed by atoms with Crippen molar-refractivity contribution in [2.75, 3.05) is 19.5 Å². The number of rotatable bonds is 10. The van der Waals surface area contributed by atoms with Gasteiger partial charge in [0.1, 0.15) is 5.82 Å². The van der Waals surface area contributed by atoms with Crippen LogP contribution in [0.25, 0.3) is 0 Å². The lowest BCUT2D eigenvalue weighted by Gasteiger charge is -2.10. The molecule has 0 aliphatic heterocycles. The Bertz CT molecular complexity index is 774. The van der Waals surface area contributed by atoms with Crippen LogP contribution in [-0.4, -0.2) is 34.2 Å². The zero-order valence-corrected chi connectivity index (χ0v) is 16.0. The van der Waals surface area contributed by atoms with Crippen LogP contribution in [0.2, 0.25) is 0 Å². The van der Waals surface area contributed by atoms with Gasteiger partial charge in [-0.15, -0.1) is 10.2 Å². The van der Waals surface area contributed by atoms with E-state index in [1.54, 1.807) is 18.9 Å². The Kier molecular flexibility index (Phi) is 7.28. The lowest BCUT2D eigenvalue weighted by atomic mass is 10.1. The summed E-state index contributed by atoms with van der Waals surface area (Å²) in [6, 6.07) is 21.0. The number of ether oxygens (including phenoxy) is 1. The summed E-state index contributed by atoms with van der Waals surface area (Å²) in [6.07, 6.45) is 3.01. The van der Waals surface area contributed by atoms with E-state index >= 15 is 0 Å². The van der Waals surface area contributed by atoms with Crippen molar-refractivity contribution in [2.45, 2.75) is 31.0 Å². The summed E-state index contributed by atoms with van der Waals surface area (Å²) in [5.41, 5.74) is 2.64. The maximum Gasteiger partial charge on any atom is 0.191 e. The Morgan fingerprint density at radius 2 is 1.62 bits per heavy atom. The molecule has 0 amide bonds. The van der Waals surface area contributed by atoms with Crippen LogP contribution in [0.15, 0.2) is 65.8 Å². The maximum absolute atomic E-state index is 5.27.